The van der Waals surface area contributed by atoms with E-state index in [0.717, 1.165) is 19.3 Å². The quantitative estimate of drug-likeness (QED) is 0.796. The minimum absolute atomic E-state index is 0.00850. The molecule has 8 heteroatoms. The number of amides is 2. The predicted octanol–water partition coefficient (Wildman–Crippen LogP) is 4.20. The molecule has 2 amide bonds. The van der Waals surface area contributed by atoms with Gasteiger partial charge in [0.2, 0.25) is 0 Å². The highest BCUT2D eigenvalue weighted by molar-refractivity contribution is 9.10. The summed E-state index contributed by atoms with van der Waals surface area (Å²) in [6.45, 7) is 0.00850. The normalized spacial score (nSPS) is 25.4. The van der Waals surface area contributed by atoms with Crippen molar-refractivity contribution in [3.05, 3.63) is 28.5 Å². The first kappa shape index (κ1) is 17.0. The van der Waals surface area contributed by atoms with E-state index in [1.807, 2.05) is 0 Å². The van der Waals surface area contributed by atoms with Gasteiger partial charge in [-0.3, -0.25) is 10.2 Å². The van der Waals surface area contributed by atoms with Gasteiger partial charge in [-0.2, -0.15) is 0 Å². The molecule has 0 aromatic heterocycles. The number of rotatable bonds is 3. The van der Waals surface area contributed by atoms with E-state index in [-0.39, 0.29) is 18.3 Å². The van der Waals surface area contributed by atoms with Crippen LogP contribution < -0.4 is 5.32 Å². The second-order valence-corrected chi connectivity index (χ2v) is 7.14. The number of hydrogen-bond donors (Lipinski definition) is 2. The van der Waals surface area contributed by atoms with Crippen molar-refractivity contribution >= 4 is 33.8 Å². The minimum atomic E-state index is -0.964. The molecular formula is C16H18BrFN2O4. The van der Waals surface area contributed by atoms with Crippen LogP contribution in [0.2, 0.25) is 0 Å². The van der Waals surface area contributed by atoms with E-state index in [1.54, 1.807) is 0 Å². The highest BCUT2D eigenvalue weighted by Crippen LogP contribution is 2.44. The Morgan fingerprint density at radius 1 is 1.42 bits per heavy atom. The number of carbonyl (C=O) groups excluding carboxylic acids is 1. The predicted molar refractivity (Wildman–Crippen MR) is 88.5 cm³/mol. The number of nitrogens with one attached hydrogen (secondary N) is 1. The van der Waals surface area contributed by atoms with Crippen molar-refractivity contribution in [3.63, 3.8) is 0 Å². The van der Waals surface area contributed by atoms with Crippen molar-refractivity contribution in [1.29, 1.82) is 0 Å². The lowest BCUT2D eigenvalue weighted by Gasteiger charge is -2.42. The molecule has 2 saturated heterocycles. The van der Waals surface area contributed by atoms with E-state index >= 15 is 0 Å². The number of carboxylic acid groups (broad SMARTS) is 1. The average Bonchev–Trinajstić information content (AvgIpc) is 2.76. The van der Waals surface area contributed by atoms with Crippen molar-refractivity contribution in [2.24, 2.45) is 0 Å². The van der Waals surface area contributed by atoms with Gasteiger partial charge in [-0.1, -0.05) is 0 Å². The molecular weight excluding hydrogens is 383 g/mol. The molecule has 2 aliphatic heterocycles. The molecule has 2 aliphatic rings. The van der Waals surface area contributed by atoms with Crippen molar-refractivity contribution in [1.82, 2.24) is 4.90 Å². The number of carbonyl (C=O) groups is 2. The highest BCUT2D eigenvalue weighted by Gasteiger charge is 2.52. The fraction of sp³-hybridized carbons (Fsp3) is 0.500. The van der Waals surface area contributed by atoms with E-state index in [4.69, 9.17) is 4.74 Å². The summed E-state index contributed by atoms with van der Waals surface area (Å²) in [7, 11) is 0. The maximum atomic E-state index is 13.3. The fourth-order valence-electron chi connectivity index (χ4n) is 3.77. The minimum Gasteiger partial charge on any atom is -0.465 e. The summed E-state index contributed by atoms with van der Waals surface area (Å²) in [5.74, 6) is -0.477. The number of anilines is 1. The Kier molecular flexibility index (Phi) is 4.67. The van der Waals surface area contributed by atoms with E-state index in [2.05, 4.69) is 21.2 Å². The first-order chi connectivity index (χ1) is 11.4. The van der Waals surface area contributed by atoms with Crippen LogP contribution in [0.4, 0.5) is 19.7 Å². The van der Waals surface area contributed by atoms with Gasteiger partial charge in [-0.15, -0.1) is 0 Å². The van der Waals surface area contributed by atoms with Crippen LogP contribution in [-0.2, 0) is 4.74 Å². The van der Waals surface area contributed by atoms with Crippen LogP contribution in [0.5, 0.6) is 0 Å². The number of nitrogens with zero attached hydrogens (tertiary/aromatic N) is 1. The Labute approximate surface area is 147 Å². The first-order valence-electron chi connectivity index (χ1n) is 7.82. The molecule has 2 bridgehead atoms. The molecule has 2 atom stereocenters. The molecule has 24 heavy (non-hydrogen) atoms. The summed E-state index contributed by atoms with van der Waals surface area (Å²) >= 11 is 3.22. The first-order valence-corrected chi connectivity index (χ1v) is 8.62. The zero-order valence-corrected chi connectivity index (χ0v) is 14.5. The summed E-state index contributed by atoms with van der Waals surface area (Å²) in [6.07, 6.45) is 2.27. The smallest absolute Gasteiger partial charge is 0.411 e. The molecule has 1 aromatic carbocycles. The monoisotopic (exact) mass is 400 g/mol. The second kappa shape index (κ2) is 6.58. The Bertz CT molecular complexity index is 667. The van der Waals surface area contributed by atoms with Crippen molar-refractivity contribution in [2.75, 3.05) is 11.9 Å². The van der Waals surface area contributed by atoms with E-state index in [0.29, 0.717) is 17.3 Å². The third-order valence-electron chi connectivity index (χ3n) is 4.84. The third-order valence-corrected chi connectivity index (χ3v) is 5.53. The molecule has 0 radical (unpaired) electrons. The van der Waals surface area contributed by atoms with Crippen LogP contribution in [0.15, 0.2) is 22.7 Å². The van der Waals surface area contributed by atoms with E-state index in [1.165, 1.54) is 23.1 Å². The molecule has 2 unspecified atom stereocenters. The molecule has 0 saturated carbocycles. The van der Waals surface area contributed by atoms with Crippen LogP contribution in [0.3, 0.4) is 0 Å². The van der Waals surface area contributed by atoms with Gasteiger partial charge in [0.15, 0.2) is 0 Å². The number of halogens is 2. The molecule has 2 N–H and O–H groups in total. The van der Waals surface area contributed by atoms with Gasteiger partial charge >= 0.3 is 12.2 Å². The molecule has 3 rings (SSSR count). The maximum absolute atomic E-state index is 13.3. The van der Waals surface area contributed by atoms with Gasteiger partial charge in [0.1, 0.15) is 12.4 Å². The van der Waals surface area contributed by atoms with Crippen molar-refractivity contribution < 1.29 is 23.8 Å². The lowest BCUT2D eigenvalue weighted by Crippen LogP contribution is -2.55. The van der Waals surface area contributed by atoms with Crippen LogP contribution in [-0.4, -0.2) is 40.4 Å². The fourth-order valence-corrected chi connectivity index (χ4v) is 4.12. The van der Waals surface area contributed by atoms with Crippen LogP contribution in [0.25, 0.3) is 0 Å². The molecule has 2 fully saturated rings. The summed E-state index contributed by atoms with van der Waals surface area (Å²) < 4.78 is 19.1. The summed E-state index contributed by atoms with van der Waals surface area (Å²) in [5.41, 5.74) is -0.369. The van der Waals surface area contributed by atoms with Gasteiger partial charge in [0, 0.05) is 10.5 Å². The van der Waals surface area contributed by atoms with Crippen LogP contribution >= 0.6 is 15.9 Å². The Morgan fingerprint density at radius 2 is 2.21 bits per heavy atom. The summed E-state index contributed by atoms with van der Waals surface area (Å²) in [4.78, 5) is 25.0. The molecule has 1 aromatic rings. The zero-order chi connectivity index (χ0) is 17.3. The molecule has 0 aliphatic carbocycles. The van der Waals surface area contributed by atoms with Crippen molar-refractivity contribution in [2.45, 2.75) is 43.7 Å². The maximum Gasteiger partial charge on any atom is 0.411 e. The van der Waals surface area contributed by atoms with Gasteiger partial charge in [-0.05, 0) is 66.2 Å². The standard InChI is InChI=1S/C16H18BrFN2O4/c17-12-4-3-10(18)8-13(12)19-14(21)24-9-16-6-1-2-11(5-7-16)20(16)15(22)23/h3-4,8,11H,1-2,5-7,9H2,(H,19,21)(H,22,23). The summed E-state index contributed by atoms with van der Waals surface area (Å²) in [6, 6.07) is 3.95. The number of hydrogen-bond acceptors (Lipinski definition) is 3. The zero-order valence-electron chi connectivity index (χ0n) is 12.9. The van der Waals surface area contributed by atoms with E-state index < -0.39 is 23.5 Å². The average molecular weight is 401 g/mol. The topological polar surface area (TPSA) is 78.9 Å². The van der Waals surface area contributed by atoms with Gasteiger partial charge < -0.3 is 9.84 Å². The molecule has 130 valence electrons. The Balaban J connectivity index is 1.65. The van der Waals surface area contributed by atoms with Crippen LogP contribution in [0.1, 0.15) is 32.1 Å². The number of benzene rings is 1. The van der Waals surface area contributed by atoms with Gasteiger partial charge in [0.05, 0.1) is 11.2 Å². The largest absolute Gasteiger partial charge is 0.465 e. The molecule has 2 heterocycles. The lowest BCUT2D eigenvalue weighted by molar-refractivity contribution is 0.0110. The number of fused-ring (bicyclic) bond motifs is 2. The lowest BCUT2D eigenvalue weighted by atomic mass is 9.89. The van der Waals surface area contributed by atoms with E-state index in [9.17, 15) is 19.1 Å². The van der Waals surface area contributed by atoms with Gasteiger partial charge in [0.25, 0.3) is 0 Å². The van der Waals surface area contributed by atoms with Gasteiger partial charge in [-0.25, -0.2) is 14.0 Å². The third kappa shape index (κ3) is 3.19. The van der Waals surface area contributed by atoms with Crippen molar-refractivity contribution in [3.8, 4) is 0 Å². The molecule has 6 nitrogen and oxygen atoms in total. The SMILES string of the molecule is O=C(Nc1cc(F)ccc1Br)OCC12CCCC(CC1)N2C(=O)O. The highest BCUT2D eigenvalue weighted by atomic mass is 79.9. The number of piperidine rings is 1. The Morgan fingerprint density at radius 3 is 2.96 bits per heavy atom. The molecule has 0 spiro atoms. The van der Waals surface area contributed by atoms with Crippen LogP contribution in [0, 0.1) is 5.82 Å². The Hall–Kier alpha value is -1.83. The second-order valence-electron chi connectivity index (χ2n) is 6.29. The summed E-state index contributed by atoms with van der Waals surface area (Å²) in [5, 5.41) is 11.9. The number of ether oxygens (including phenoxy) is 1.